The Labute approximate surface area is 120 Å². The van der Waals surface area contributed by atoms with E-state index in [9.17, 15) is 14.4 Å². The standard InChI is InChI=1S/C12H16N4O3S/c1-2-3-8-11(18)16(12(19)14-8)6-7-4-5-9(20-7)10(17)15-13/h4-5,8H,2-3,6,13H2,1H3,(H,14,19)(H,15,17). The first-order valence-corrected chi connectivity index (χ1v) is 7.10. The Morgan fingerprint density at radius 1 is 1.50 bits per heavy atom. The molecule has 0 aliphatic carbocycles. The largest absolute Gasteiger partial charge is 0.326 e. The second-order valence-electron chi connectivity index (χ2n) is 4.45. The van der Waals surface area contributed by atoms with Crippen molar-refractivity contribution in [2.75, 3.05) is 0 Å². The van der Waals surface area contributed by atoms with Gasteiger partial charge >= 0.3 is 6.03 Å². The summed E-state index contributed by atoms with van der Waals surface area (Å²) in [7, 11) is 0. The summed E-state index contributed by atoms with van der Waals surface area (Å²) in [5, 5.41) is 2.66. The number of hydrogen-bond acceptors (Lipinski definition) is 5. The van der Waals surface area contributed by atoms with Gasteiger partial charge in [-0.15, -0.1) is 11.3 Å². The lowest BCUT2D eigenvalue weighted by Crippen LogP contribution is -2.30. The molecule has 0 spiro atoms. The third-order valence-corrected chi connectivity index (χ3v) is 4.08. The summed E-state index contributed by atoms with van der Waals surface area (Å²) in [4.78, 5) is 37.5. The maximum Gasteiger partial charge on any atom is 0.325 e. The Morgan fingerprint density at radius 3 is 2.90 bits per heavy atom. The van der Waals surface area contributed by atoms with Gasteiger partial charge in [0, 0.05) is 4.88 Å². The first-order valence-electron chi connectivity index (χ1n) is 6.28. The topological polar surface area (TPSA) is 105 Å². The normalized spacial score (nSPS) is 18.3. The van der Waals surface area contributed by atoms with Crippen molar-refractivity contribution in [1.82, 2.24) is 15.6 Å². The van der Waals surface area contributed by atoms with Gasteiger partial charge in [0.25, 0.3) is 11.8 Å². The summed E-state index contributed by atoms with van der Waals surface area (Å²) in [5.74, 6) is 4.45. The van der Waals surface area contributed by atoms with E-state index >= 15 is 0 Å². The lowest BCUT2D eigenvalue weighted by molar-refractivity contribution is -0.127. The van der Waals surface area contributed by atoms with Crippen LogP contribution in [0.1, 0.15) is 34.3 Å². The Kier molecular flexibility index (Phi) is 4.35. The molecule has 1 saturated heterocycles. The molecule has 108 valence electrons. The van der Waals surface area contributed by atoms with Crippen molar-refractivity contribution in [3.8, 4) is 0 Å². The monoisotopic (exact) mass is 296 g/mol. The minimum absolute atomic E-state index is 0.174. The molecule has 1 unspecified atom stereocenters. The molecule has 4 amide bonds. The van der Waals surface area contributed by atoms with Crippen LogP contribution in [0.5, 0.6) is 0 Å². The summed E-state index contributed by atoms with van der Waals surface area (Å²) in [6.07, 6.45) is 1.46. The minimum atomic E-state index is -0.431. The molecule has 1 aliphatic heterocycles. The van der Waals surface area contributed by atoms with E-state index in [2.05, 4.69) is 5.32 Å². The molecular weight excluding hydrogens is 280 g/mol. The van der Waals surface area contributed by atoms with Crippen LogP contribution >= 0.6 is 11.3 Å². The molecule has 1 atom stereocenters. The number of nitrogen functional groups attached to an aromatic ring is 1. The molecule has 1 aromatic heterocycles. The average Bonchev–Trinajstić information content (AvgIpc) is 2.99. The highest BCUT2D eigenvalue weighted by Crippen LogP contribution is 2.21. The summed E-state index contributed by atoms with van der Waals surface area (Å²) in [6.45, 7) is 2.13. The molecule has 1 aromatic rings. The highest BCUT2D eigenvalue weighted by atomic mass is 32.1. The highest BCUT2D eigenvalue weighted by Gasteiger charge is 2.37. The highest BCUT2D eigenvalue weighted by molar-refractivity contribution is 7.14. The Morgan fingerprint density at radius 2 is 2.25 bits per heavy atom. The molecule has 0 bridgehead atoms. The zero-order valence-corrected chi connectivity index (χ0v) is 11.8. The number of hydrazine groups is 1. The predicted octanol–water partition coefficient (Wildman–Crippen LogP) is 0.572. The maximum atomic E-state index is 12.1. The fraction of sp³-hybridized carbons (Fsp3) is 0.417. The number of nitrogens with one attached hydrogen (secondary N) is 2. The number of urea groups is 1. The lowest BCUT2D eigenvalue weighted by atomic mass is 10.2. The van der Waals surface area contributed by atoms with E-state index in [1.165, 1.54) is 16.2 Å². The molecule has 0 aromatic carbocycles. The van der Waals surface area contributed by atoms with Crippen molar-refractivity contribution in [2.24, 2.45) is 5.84 Å². The van der Waals surface area contributed by atoms with Gasteiger partial charge in [0.1, 0.15) is 6.04 Å². The van der Waals surface area contributed by atoms with Crippen LogP contribution in [0.3, 0.4) is 0 Å². The first-order chi connectivity index (χ1) is 9.56. The lowest BCUT2D eigenvalue weighted by Gasteiger charge is -2.11. The van der Waals surface area contributed by atoms with Crippen molar-refractivity contribution in [3.05, 3.63) is 21.9 Å². The van der Waals surface area contributed by atoms with Gasteiger partial charge in [-0.05, 0) is 18.6 Å². The third-order valence-electron chi connectivity index (χ3n) is 3.01. The number of amides is 4. The van der Waals surface area contributed by atoms with E-state index in [-0.39, 0.29) is 24.4 Å². The number of nitrogens with zero attached hydrogens (tertiary/aromatic N) is 1. The smallest absolute Gasteiger partial charge is 0.325 e. The minimum Gasteiger partial charge on any atom is -0.326 e. The summed E-state index contributed by atoms with van der Waals surface area (Å²) in [6, 6.07) is 2.51. The molecular formula is C12H16N4O3S. The molecule has 1 aliphatic rings. The van der Waals surface area contributed by atoms with E-state index < -0.39 is 6.04 Å². The van der Waals surface area contributed by atoms with Crippen molar-refractivity contribution >= 4 is 29.2 Å². The van der Waals surface area contributed by atoms with Crippen LogP contribution in [0, 0.1) is 0 Å². The van der Waals surface area contributed by atoms with E-state index in [0.717, 1.165) is 11.3 Å². The number of carbonyl (C=O) groups is 3. The molecule has 0 radical (unpaired) electrons. The van der Waals surface area contributed by atoms with Crippen LogP contribution in [0.15, 0.2) is 12.1 Å². The van der Waals surface area contributed by atoms with Crippen molar-refractivity contribution in [2.45, 2.75) is 32.4 Å². The number of thiophene rings is 1. The van der Waals surface area contributed by atoms with Crippen LogP contribution < -0.4 is 16.6 Å². The Hall–Kier alpha value is -1.93. The van der Waals surface area contributed by atoms with Crippen molar-refractivity contribution in [1.29, 1.82) is 0 Å². The predicted molar refractivity (Wildman–Crippen MR) is 73.8 cm³/mol. The number of hydrogen-bond donors (Lipinski definition) is 3. The molecule has 8 heteroatoms. The number of carbonyl (C=O) groups excluding carboxylic acids is 3. The molecule has 4 N–H and O–H groups in total. The van der Waals surface area contributed by atoms with Crippen LogP contribution in [0.2, 0.25) is 0 Å². The Bertz CT molecular complexity index is 543. The molecule has 7 nitrogen and oxygen atoms in total. The quantitative estimate of drug-likeness (QED) is 0.320. The second-order valence-corrected chi connectivity index (χ2v) is 5.62. The van der Waals surface area contributed by atoms with Gasteiger partial charge in [-0.1, -0.05) is 13.3 Å². The van der Waals surface area contributed by atoms with Gasteiger partial charge in [-0.25, -0.2) is 10.6 Å². The van der Waals surface area contributed by atoms with Crippen LogP contribution in [0.25, 0.3) is 0 Å². The number of imide groups is 1. The van der Waals surface area contributed by atoms with Gasteiger partial charge in [0.2, 0.25) is 0 Å². The van der Waals surface area contributed by atoms with Gasteiger partial charge < -0.3 is 5.32 Å². The fourth-order valence-corrected chi connectivity index (χ4v) is 2.92. The Balaban J connectivity index is 2.06. The van der Waals surface area contributed by atoms with E-state index in [1.54, 1.807) is 12.1 Å². The van der Waals surface area contributed by atoms with Gasteiger partial charge in [-0.2, -0.15) is 0 Å². The average molecular weight is 296 g/mol. The zero-order valence-electron chi connectivity index (χ0n) is 11.0. The molecule has 20 heavy (non-hydrogen) atoms. The number of nitrogens with two attached hydrogens (primary N) is 1. The van der Waals surface area contributed by atoms with Gasteiger partial charge in [0.05, 0.1) is 11.4 Å². The maximum absolute atomic E-state index is 12.1. The molecule has 1 fully saturated rings. The van der Waals surface area contributed by atoms with E-state index in [1.807, 2.05) is 12.3 Å². The van der Waals surface area contributed by atoms with Crippen LogP contribution in [0.4, 0.5) is 4.79 Å². The van der Waals surface area contributed by atoms with E-state index in [4.69, 9.17) is 5.84 Å². The van der Waals surface area contributed by atoms with Gasteiger partial charge in [-0.3, -0.25) is 19.9 Å². The van der Waals surface area contributed by atoms with Crippen molar-refractivity contribution < 1.29 is 14.4 Å². The van der Waals surface area contributed by atoms with Crippen LogP contribution in [-0.4, -0.2) is 28.8 Å². The fourth-order valence-electron chi connectivity index (χ4n) is 2.02. The first kappa shape index (κ1) is 14.5. The summed E-state index contributed by atoms with van der Waals surface area (Å²) < 4.78 is 0. The SMILES string of the molecule is CCCC1NC(=O)N(Cc2ccc(C(=O)NN)s2)C1=O. The molecule has 2 rings (SSSR count). The summed E-state index contributed by atoms with van der Waals surface area (Å²) >= 11 is 1.21. The van der Waals surface area contributed by atoms with Gasteiger partial charge in [0.15, 0.2) is 0 Å². The summed E-state index contributed by atoms with van der Waals surface area (Å²) in [5.41, 5.74) is 2.04. The molecule has 2 heterocycles. The zero-order chi connectivity index (χ0) is 14.7. The van der Waals surface area contributed by atoms with E-state index in [0.29, 0.717) is 11.3 Å². The molecule has 0 saturated carbocycles. The van der Waals surface area contributed by atoms with Crippen molar-refractivity contribution in [3.63, 3.8) is 0 Å². The number of rotatable bonds is 5. The van der Waals surface area contributed by atoms with Crippen LogP contribution in [-0.2, 0) is 11.3 Å². The second kappa shape index (κ2) is 6.02. The third kappa shape index (κ3) is 2.81.